The Morgan fingerprint density at radius 3 is 2.53 bits per heavy atom. The number of fused-ring (bicyclic) bond motifs is 1. The van der Waals surface area contributed by atoms with Gasteiger partial charge in [0.05, 0.1) is 4.90 Å². The molecule has 0 saturated carbocycles. The van der Waals surface area contributed by atoms with Crippen LogP contribution in [0.15, 0.2) is 44.4 Å². The first-order chi connectivity index (χ1) is 6.98. The van der Waals surface area contributed by atoms with Gasteiger partial charge in [-0.25, -0.2) is 18.4 Å². The third-order valence-corrected chi connectivity index (χ3v) is 2.90. The molecule has 0 aliphatic heterocycles. The van der Waals surface area contributed by atoms with Crippen LogP contribution in [0.4, 0.5) is 0 Å². The first-order valence-corrected chi connectivity index (χ1v) is 5.59. The van der Waals surface area contributed by atoms with E-state index in [1.807, 2.05) is 0 Å². The average molecular weight is 225 g/mol. The lowest BCUT2D eigenvalue weighted by Crippen LogP contribution is -2.12. The third kappa shape index (κ3) is 1.77. The summed E-state index contributed by atoms with van der Waals surface area (Å²) in [6.45, 7) is 0. The van der Waals surface area contributed by atoms with Gasteiger partial charge in [-0.15, -0.1) is 0 Å². The second-order valence-corrected chi connectivity index (χ2v) is 4.50. The molecule has 1 heterocycles. The lowest BCUT2D eigenvalue weighted by atomic mass is 10.2. The molecule has 2 rings (SSSR count). The predicted molar refractivity (Wildman–Crippen MR) is 53.9 cm³/mol. The fourth-order valence-corrected chi connectivity index (χ4v) is 2.06. The molecule has 15 heavy (non-hydrogen) atoms. The van der Waals surface area contributed by atoms with Gasteiger partial charge in [0, 0.05) is 11.5 Å². The summed E-state index contributed by atoms with van der Waals surface area (Å²) in [5.74, 6) is 0. The summed E-state index contributed by atoms with van der Waals surface area (Å²) in [5, 5.41) is 5.32. The van der Waals surface area contributed by atoms with E-state index in [2.05, 4.69) is 0 Å². The zero-order chi connectivity index (χ0) is 11.1. The van der Waals surface area contributed by atoms with E-state index in [0.29, 0.717) is 5.39 Å². The van der Waals surface area contributed by atoms with E-state index in [0.717, 1.165) is 6.07 Å². The van der Waals surface area contributed by atoms with Gasteiger partial charge >= 0.3 is 5.63 Å². The van der Waals surface area contributed by atoms with Crippen LogP contribution < -0.4 is 10.8 Å². The van der Waals surface area contributed by atoms with Crippen LogP contribution in [0.25, 0.3) is 11.0 Å². The van der Waals surface area contributed by atoms with Gasteiger partial charge in [0.15, 0.2) is 0 Å². The van der Waals surface area contributed by atoms with E-state index in [9.17, 15) is 13.2 Å². The van der Waals surface area contributed by atoms with Crippen molar-refractivity contribution in [3.05, 3.63) is 40.8 Å². The summed E-state index contributed by atoms with van der Waals surface area (Å²) < 4.78 is 27.2. The van der Waals surface area contributed by atoms with Crippen LogP contribution in [0.3, 0.4) is 0 Å². The predicted octanol–water partition coefficient (Wildman–Crippen LogP) is 0.440. The van der Waals surface area contributed by atoms with Crippen molar-refractivity contribution >= 4 is 21.0 Å². The first-order valence-electron chi connectivity index (χ1n) is 4.04. The molecule has 0 atom stereocenters. The van der Waals surface area contributed by atoms with E-state index in [1.54, 1.807) is 0 Å². The highest BCUT2D eigenvalue weighted by Crippen LogP contribution is 2.19. The Morgan fingerprint density at radius 2 is 1.87 bits per heavy atom. The maximum absolute atomic E-state index is 11.2. The fourth-order valence-electron chi connectivity index (χ4n) is 1.32. The van der Waals surface area contributed by atoms with Gasteiger partial charge < -0.3 is 4.42 Å². The molecule has 0 aliphatic carbocycles. The van der Waals surface area contributed by atoms with Gasteiger partial charge in [-0.05, 0) is 18.2 Å². The molecule has 0 fully saturated rings. The summed E-state index contributed by atoms with van der Waals surface area (Å²) in [5.41, 5.74) is -0.330. The summed E-state index contributed by atoms with van der Waals surface area (Å²) in [6, 6.07) is 6.85. The maximum Gasteiger partial charge on any atom is 0.336 e. The van der Waals surface area contributed by atoms with Crippen molar-refractivity contribution < 1.29 is 12.8 Å². The SMILES string of the molecule is NS(=O)(=O)c1cccc2oc(=O)ccc12. The molecule has 6 heteroatoms. The number of primary sulfonamides is 1. The molecular formula is C9H7NO4S. The van der Waals surface area contributed by atoms with E-state index in [1.165, 1.54) is 24.3 Å². The Kier molecular flexibility index (Phi) is 2.09. The lowest BCUT2D eigenvalue weighted by molar-refractivity contribution is 0.559. The molecule has 0 spiro atoms. The first kappa shape index (κ1) is 9.88. The van der Waals surface area contributed by atoms with Crippen LogP contribution >= 0.6 is 0 Å². The number of hydrogen-bond donors (Lipinski definition) is 1. The van der Waals surface area contributed by atoms with Gasteiger partial charge in [-0.1, -0.05) is 6.07 Å². The summed E-state index contributed by atoms with van der Waals surface area (Å²) in [6.07, 6.45) is 0. The zero-order valence-corrected chi connectivity index (χ0v) is 8.32. The van der Waals surface area contributed by atoms with Crippen molar-refractivity contribution in [1.29, 1.82) is 0 Å². The topological polar surface area (TPSA) is 90.4 Å². The minimum atomic E-state index is -3.80. The van der Waals surface area contributed by atoms with Gasteiger partial charge in [0.1, 0.15) is 5.58 Å². The second kappa shape index (κ2) is 3.18. The van der Waals surface area contributed by atoms with Crippen LogP contribution in [0, 0.1) is 0 Å². The van der Waals surface area contributed by atoms with Gasteiger partial charge in [-0.2, -0.15) is 0 Å². The molecule has 0 unspecified atom stereocenters. The Hall–Kier alpha value is -1.66. The number of rotatable bonds is 1. The molecule has 1 aromatic carbocycles. The summed E-state index contributed by atoms with van der Waals surface area (Å²) in [7, 11) is -3.80. The Labute approximate surface area is 85.2 Å². The van der Waals surface area contributed by atoms with Gasteiger partial charge in [0.2, 0.25) is 10.0 Å². The van der Waals surface area contributed by atoms with Crippen molar-refractivity contribution in [3.63, 3.8) is 0 Å². The summed E-state index contributed by atoms with van der Waals surface area (Å²) in [4.78, 5) is 10.8. The van der Waals surface area contributed by atoms with Crippen LogP contribution in [-0.2, 0) is 10.0 Å². The van der Waals surface area contributed by atoms with Crippen LogP contribution in [0.5, 0.6) is 0 Å². The van der Waals surface area contributed by atoms with Crippen LogP contribution in [0.2, 0.25) is 0 Å². The second-order valence-electron chi connectivity index (χ2n) is 2.97. The number of sulfonamides is 1. The molecular weight excluding hydrogens is 218 g/mol. The molecule has 0 aliphatic rings. The molecule has 5 nitrogen and oxygen atoms in total. The monoisotopic (exact) mass is 225 g/mol. The molecule has 2 aromatic rings. The highest BCUT2D eigenvalue weighted by atomic mass is 32.2. The molecule has 0 radical (unpaired) electrons. The number of hydrogen-bond acceptors (Lipinski definition) is 4. The third-order valence-electron chi connectivity index (χ3n) is 1.93. The normalized spacial score (nSPS) is 11.8. The van der Waals surface area contributed by atoms with E-state index in [4.69, 9.17) is 9.56 Å². The van der Waals surface area contributed by atoms with Gasteiger partial charge in [0.25, 0.3) is 0 Å². The Balaban J connectivity index is 2.95. The fraction of sp³-hybridized carbons (Fsp3) is 0. The lowest BCUT2D eigenvalue weighted by Gasteiger charge is -2.01. The minimum absolute atomic E-state index is 0.0521. The largest absolute Gasteiger partial charge is 0.423 e. The van der Waals surface area contributed by atoms with Crippen molar-refractivity contribution in [2.75, 3.05) is 0 Å². The summed E-state index contributed by atoms with van der Waals surface area (Å²) >= 11 is 0. The minimum Gasteiger partial charge on any atom is -0.423 e. The molecule has 1 aromatic heterocycles. The molecule has 0 amide bonds. The number of benzene rings is 1. The van der Waals surface area contributed by atoms with E-state index in [-0.39, 0.29) is 10.5 Å². The zero-order valence-electron chi connectivity index (χ0n) is 7.51. The molecule has 78 valence electrons. The number of nitrogens with two attached hydrogens (primary N) is 1. The average Bonchev–Trinajstić information content (AvgIpc) is 2.15. The van der Waals surface area contributed by atoms with Crippen LogP contribution in [0.1, 0.15) is 0 Å². The van der Waals surface area contributed by atoms with Gasteiger partial charge in [-0.3, -0.25) is 0 Å². The highest BCUT2D eigenvalue weighted by Gasteiger charge is 2.12. The van der Waals surface area contributed by atoms with Crippen molar-refractivity contribution in [2.24, 2.45) is 5.14 Å². The molecule has 2 N–H and O–H groups in total. The van der Waals surface area contributed by atoms with E-state index < -0.39 is 15.6 Å². The smallest absolute Gasteiger partial charge is 0.336 e. The quantitative estimate of drug-likeness (QED) is 0.713. The van der Waals surface area contributed by atoms with E-state index >= 15 is 0 Å². The Morgan fingerprint density at radius 1 is 1.13 bits per heavy atom. The van der Waals surface area contributed by atoms with Crippen LogP contribution in [-0.4, -0.2) is 8.42 Å². The molecule has 0 saturated heterocycles. The van der Waals surface area contributed by atoms with Crippen molar-refractivity contribution in [3.8, 4) is 0 Å². The van der Waals surface area contributed by atoms with Crippen molar-refractivity contribution in [2.45, 2.75) is 4.90 Å². The molecule has 0 bridgehead atoms. The standard InChI is InChI=1S/C9H7NO4S/c10-15(12,13)8-3-1-2-7-6(8)4-5-9(11)14-7/h1-5H,(H2,10,12,13). The Bertz CT molecular complexity index is 672. The van der Waals surface area contributed by atoms with Crippen molar-refractivity contribution in [1.82, 2.24) is 0 Å². The highest BCUT2D eigenvalue weighted by molar-refractivity contribution is 7.89. The maximum atomic E-state index is 11.2.